The molecule has 1 aromatic heterocycles. The first-order valence-corrected chi connectivity index (χ1v) is 9.16. The first-order valence-electron chi connectivity index (χ1n) is 9.16. The van der Waals surface area contributed by atoms with E-state index in [4.69, 9.17) is 4.74 Å². The van der Waals surface area contributed by atoms with Crippen LogP contribution in [0.25, 0.3) is 5.69 Å². The van der Waals surface area contributed by atoms with Crippen molar-refractivity contribution in [3.05, 3.63) is 47.3 Å². The molecule has 0 N–H and O–H groups in total. The minimum Gasteiger partial charge on any atom is -0.374 e. The number of rotatable bonds is 3. The summed E-state index contributed by atoms with van der Waals surface area (Å²) in [5, 5.41) is 4.67. The average Bonchev–Trinajstić information content (AvgIpc) is 3.22. The molecule has 1 aliphatic heterocycles. The number of amides is 1. The quantitative estimate of drug-likeness (QED) is 0.864. The summed E-state index contributed by atoms with van der Waals surface area (Å²) < 4.78 is 7.77. The van der Waals surface area contributed by atoms with Crippen molar-refractivity contribution in [3.63, 3.8) is 0 Å². The number of aromatic nitrogens is 2. The molecule has 0 unspecified atom stereocenters. The highest BCUT2D eigenvalue weighted by Crippen LogP contribution is 2.30. The van der Waals surface area contributed by atoms with Crippen molar-refractivity contribution < 1.29 is 9.53 Å². The number of benzene rings is 1. The van der Waals surface area contributed by atoms with Gasteiger partial charge in [-0.3, -0.25) is 4.79 Å². The van der Waals surface area contributed by atoms with Crippen molar-refractivity contribution in [1.29, 1.82) is 0 Å². The van der Waals surface area contributed by atoms with E-state index in [1.807, 2.05) is 48.9 Å². The number of hydrogen-bond donors (Lipinski definition) is 0. The van der Waals surface area contributed by atoms with Gasteiger partial charge in [0.2, 0.25) is 5.91 Å². The fraction of sp³-hybridized carbons (Fsp3) is 0.500. The molecule has 5 nitrogen and oxygen atoms in total. The second-order valence-electron chi connectivity index (χ2n) is 7.07. The second kappa shape index (κ2) is 6.64. The van der Waals surface area contributed by atoms with E-state index in [0.717, 1.165) is 41.9 Å². The maximum absolute atomic E-state index is 13.0. The number of morpholine rings is 1. The van der Waals surface area contributed by atoms with Crippen LogP contribution in [0.4, 0.5) is 0 Å². The summed E-state index contributed by atoms with van der Waals surface area (Å²) >= 11 is 0. The third-order valence-electron chi connectivity index (χ3n) is 5.57. The van der Waals surface area contributed by atoms with Gasteiger partial charge in [0.1, 0.15) is 0 Å². The van der Waals surface area contributed by atoms with Crippen LogP contribution >= 0.6 is 0 Å². The zero-order valence-electron chi connectivity index (χ0n) is 14.9. The van der Waals surface area contributed by atoms with Crippen LogP contribution in [0.3, 0.4) is 0 Å². The van der Waals surface area contributed by atoms with Crippen molar-refractivity contribution in [3.8, 4) is 5.69 Å². The van der Waals surface area contributed by atoms with Gasteiger partial charge in [-0.25, -0.2) is 4.68 Å². The highest BCUT2D eigenvalue weighted by molar-refractivity contribution is 5.80. The van der Waals surface area contributed by atoms with Crippen LogP contribution in [0.15, 0.2) is 30.3 Å². The molecule has 2 atom stereocenters. The monoisotopic (exact) mass is 339 g/mol. The van der Waals surface area contributed by atoms with Gasteiger partial charge in [0, 0.05) is 17.8 Å². The number of nitrogens with zero attached hydrogens (tertiary/aromatic N) is 3. The Labute approximate surface area is 148 Å². The third-order valence-corrected chi connectivity index (χ3v) is 5.57. The minimum absolute atomic E-state index is 0.207. The Kier molecular flexibility index (Phi) is 4.34. The number of carbonyl (C=O) groups excluding carboxylic acids is 1. The normalized spacial score (nSPS) is 22.9. The topological polar surface area (TPSA) is 47.4 Å². The minimum atomic E-state index is 0.207. The molecular weight excluding hydrogens is 314 g/mol. The number of para-hydroxylation sites is 1. The van der Waals surface area contributed by atoms with Crippen LogP contribution in [-0.4, -0.2) is 45.9 Å². The Balaban J connectivity index is 1.56. The molecule has 2 aromatic rings. The molecule has 25 heavy (non-hydrogen) atoms. The molecule has 0 spiro atoms. The van der Waals surface area contributed by atoms with E-state index < -0.39 is 0 Å². The van der Waals surface area contributed by atoms with Crippen molar-refractivity contribution >= 4 is 5.91 Å². The van der Waals surface area contributed by atoms with Crippen molar-refractivity contribution in [2.24, 2.45) is 0 Å². The van der Waals surface area contributed by atoms with Gasteiger partial charge in [0.05, 0.1) is 36.6 Å². The summed E-state index contributed by atoms with van der Waals surface area (Å²) in [5.74, 6) is 0.207. The first-order chi connectivity index (χ1) is 12.1. The third kappa shape index (κ3) is 2.97. The fourth-order valence-electron chi connectivity index (χ4n) is 4.24. The Morgan fingerprint density at radius 3 is 2.84 bits per heavy atom. The lowest BCUT2D eigenvalue weighted by atomic mass is 10.1. The standard InChI is InChI=1S/C20H25N3O2/c1-14-17(15(2)23(21-14)16-7-4-3-5-8-16)13-20(24)22-11-12-25-19-10-6-9-18(19)22/h3-5,7-8,18-19H,6,9-13H2,1-2H3/t18-,19+/m1/s1. The fourth-order valence-corrected chi connectivity index (χ4v) is 4.24. The maximum Gasteiger partial charge on any atom is 0.227 e. The van der Waals surface area contributed by atoms with Gasteiger partial charge in [-0.1, -0.05) is 18.2 Å². The van der Waals surface area contributed by atoms with Crippen LogP contribution in [0.2, 0.25) is 0 Å². The molecule has 1 aromatic carbocycles. The predicted molar refractivity (Wildman–Crippen MR) is 95.8 cm³/mol. The lowest BCUT2D eigenvalue weighted by molar-refractivity contribution is -0.143. The average molecular weight is 339 g/mol. The molecule has 2 aliphatic rings. The largest absolute Gasteiger partial charge is 0.374 e. The van der Waals surface area contributed by atoms with Gasteiger partial charge in [0.25, 0.3) is 0 Å². The Morgan fingerprint density at radius 2 is 2.04 bits per heavy atom. The van der Waals surface area contributed by atoms with E-state index >= 15 is 0 Å². The Hall–Kier alpha value is -2.14. The van der Waals surface area contributed by atoms with Crippen molar-refractivity contribution in [1.82, 2.24) is 14.7 Å². The van der Waals surface area contributed by atoms with Gasteiger partial charge in [-0.05, 0) is 45.2 Å². The summed E-state index contributed by atoms with van der Waals surface area (Å²) in [6.45, 7) is 5.42. The highest BCUT2D eigenvalue weighted by atomic mass is 16.5. The molecule has 1 saturated carbocycles. The number of aryl methyl sites for hydroxylation is 1. The van der Waals surface area contributed by atoms with Crippen LogP contribution in [0.1, 0.15) is 36.2 Å². The Bertz CT molecular complexity index is 769. The van der Waals surface area contributed by atoms with Crippen LogP contribution in [-0.2, 0) is 16.0 Å². The lowest BCUT2D eigenvalue weighted by Crippen LogP contribution is -2.51. The number of carbonyl (C=O) groups is 1. The zero-order chi connectivity index (χ0) is 17.4. The van der Waals surface area contributed by atoms with Gasteiger partial charge in [-0.15, -0.1) is 0 Å². The molecular formula is C20H25N3O2. The zero-order valence-corrected chi connectivity index (χ0v) is 14.9. The molecule has 2 heterocycles. The van der Waals surface area contributed by atoms with E-state index in [2.05, 4.69) is 10.00 Å². The number of ether oxygens (including phenoxy) is 1. The van der Waals surface area contributed by atoms with Crippen molar-refractivity contribution in [2.75, 3.05) is 13.2 Å². The number of hydrogen-bond acceptors (Lipinski definition) is 3. The molecule has 0 bridgehead atoms. The molecule has 132 valence electrons. The van der Waals surface area contributed by atoms with E-state index in [1.54, 1.807) is 0 Å². The molecule has 1 aliphatic carbocycles. The lowest BCUT2D eigenvalue weighted by Gasteiger charge is -2.37. The summed E-state index contributed by atoms with van der Waals surface area (Å²) in [4.78, 5) is 15.0. The molecule has 4 rings (SSSR count). The number of fused-ring (bicyclic) bond motifs is 1. The summed E-state index contributed by atoms with van der Waals surface area (Å²) in [7, 11) is 0. The molecule has 0 radical (unpaired) electrons. The van der Waals surface area contributed by atoms with Crippen LogP contribution < -0.4 is 0 Å². The van der Waals surface area contributed by atoms with Crippen LogP contribution in [0.5, 0.6) is 0 Å². The summed E-state index contributed by atoms with van der Waals surface area (Å²) in [6.07, 6.45) is 3.97. The maximum atomic E-state index is 13.0. The molecule has 5 heteroatoms. The SMILES string of the molecule is Cc1nn(-c2ccccc2)c(C)c1CC(=O)N1CCO[C@H]2CCC[C@H]21. The van der Waals surface area contributed by atoms with E-state index in [9.17, 15) is 4.79 Å². The summed E-state index contributed by atoms with van der Waals surface area (Å²) in [5.41, 5.74) is 4.07. The molecule has 2 fully saturated rings. The van der Waals surface area contributed by atoms with E-state index in [-0.39, 0.29) is 18.1 Å². The van der Waals surface area contributed by atoms with E-state index in [1.165, 1.54) is 0 Å². The second-order valence-corrected chi connectivity index (χ2v) is 7.07. The smallest absolute Gasteiger partial charge is 0.227 e. The van der Waals surface area contributed by atoms with Gasteiger partial charge in [-0.2, -0.15) is 5.10 Å². The molecule has 1 saturated heterocycles. The highest BCUT2D eigenvalue weighted by Gasteiger charge is 2.38. The van der Waals surface area contributed by atoms with Crippen LogP contribution in [0, 0.1) is 13.8 Å². The van der Waals surface area contributed by atoms with Gasteiger partial charge >= 0.3 is 0 Å². The van der Waals surface area contributed by atoms with Gasteiger partial charge < -0.3 is 9.64 Å². The first kappa shape index (κ1) is 16.3. The van der Waals surface area contributed by atoms with E-state index in [0.29, 0.717) is 19.6 Å². The van der Waals surface area contributed by atoms with Gasteiger partial charge in [0.15, 0.2) is 0 Å². The van der Waals surface area contributed by atoms with Crippen molar-refractivity contribution in [2.45, 2.75) is 51.7 Å². The molecule has 1 amide bonds. The Morgan fingerprint density at radius 1 is 1.24 bits per heavy atom. The predicted octanol–water partition coefficient (Wildman–Crippen LogP) is 2.81. The summed E-state index contributed by atoms with van der Waals surface area (Å²) in [6, 6.07) is 10.4.